The van der Waals surface area contributed by atoms with E-state index in [0.717, 1.165) is 51.0 Å². The molecule has 1 aromatic carbocycles. The van der Waals surface area contributed by atoms with E-state index < -0.39 is 0 Å². The van der Waals surface area contributed by atoms with Crippen molar-refractivity contribution in [2.24, 2.45) is 17.3 Å². The zero-order valence-electron chi connectivity index (χ0n) is 20.1. The van der Waals surface area contributed by atoms with Gasteiger partial charge in [-0.3, -0.25) is 14.7 Å². The number of piperidine rings is 1. The topological polar surface area (TPSA) is 36.4 Å². The van der Waals surface area contributed by atoms with Gasteiger partial charge in [0.15, 0.2) is 0 Å². The number of hydrogen-bond donors (Lipinski definition) is 0. The second-order valence-electron chi connectivity index (χ2n) is 10.1. The Balaban J connectivity index is 1.37. The molecule has 1 aromatic heterocycles. The van der Waals surface area contributed by atoms with E-state index in [0.29, 0.717) is 18.4 Å². The zero-order chi connectivity index (χ0) is 22.6. The van der Waals surface area contributed by atoms with Gasteiger partial charge in [0.1, 0.15) is 0 Å². The minimum absolute atomic E-state index is 0.218. The average Bonchev–Trinajstić information content (AvgIpc) is 3.57. The minimum Gasteiger partial charge on any atom is -0.338 e. The molecule has 2 heterocycles. The van der Waals surface area contributed by atoms with E-state index in [4.69, 9.17) is 0 Å². The summed E-state index contributed by atoms with van der Waals surface area (Å²) in [5, 5.41) is 0. The quantitative estimate of drug-likeness (QED) is 0.527. The fourth-order valence-electron chi connectivity index (χ4n) is 5.56. The number of hydrogen-bond acceptors (Lipinski definition) is 3. The minimum atomic E-state index is 0.218. The van der Waals surface area contributed by atoms with Gasteiger partial charge in [0, 0.05) is 37.9 Å². The Morgan fingerprint density at radius 2 is 1.88 bits per heavy atom. The summed E-state index contributed by atoms with van der Waals surface area (Å²) in [6, 6.07) is 12.8. The molecule has 0 bridgehead atoms. The normalized spacial score (nSPS) is 20.8. The smallest absolute Gasteiger partial charge is 0.226 e. The molecule has 1 aliphatic carbocycles. The first-order chi connectivity index (χ1) is 15.5. The first-order valence-electron chi connectivity index (χ1n) is 12.5. The number of likely N-dealkylation sites (tertiary alicyclic amines) is 1. The molecule has 2 fully saturated rings. The van der Waals surface area contributed by atoms with E-state index in [1.165, 1.54) is 24.0 Å². The van der Waals surface area contributed by atoms with Crippen molar-refractivity contribution in [3.8, 4) is 0 Å². The molecule has 4 heteroatoms. The summed E-state index contributed by atoms with van der Waals surface area (Å²) in [5.41, 5.74) is 4.20. The van der Waals surface area contributed by atoms with E-state index in [-0.39, 0.29) is 11.3 Å². The molecule has 1 unspecified atom stereocenters. The van der Waals surface area contributed by atoms with Crippen LogP contribution in [-0.4, -0.2) is 40.3 Å². The second-order valence-corrected chi connectivity index (χ2v) is 10.1. The predicted octanol–water partition coefficient (Wildman–Crippen LogP) is 5.46. The number of aryl methyl sites for hydroxylation is 1. The Bertz CT molecular complexity index is 885. The summed E-state index contributed by atoms with van der Waals surface area (Å²) in [4.78, 5) is 22.6. The van der Waals surface area contributed by atoms with Crippen LogP contribution in [0.4, 0.5) is 0 Å². The van der Waals surface area contributed by atoms with Crippen LogP contribution in [0.3, 0.4) is 0 Å². The Hall–Kier alpha value is -2.20. The number of rotatable bonds is 9. The van der Waals surface area contributed by atoms with Crippen molar-refractivity contribution in [3.05, 3.63) is 65.5 Å². The third-order valence-electron chi connectivity index (χ3n) is 8.14. The lowest BCUT2D eigenvalue weighted by molar-refractivity contribution is -0.135. The van der Waals surface area contributed by atoms with Crippen LogP contribution in [-0.2, 0) is 17.9 Å². The summed E-state index contributed by atoms with van der Waals surface area (Å²) in [5.74, 6) is 1.18. The third-order valence-corrected chi connectivity index (χ3v) is 8.14. The van der Waals surface area contributed by atoms with Crippen molar-refractivity contribution in [1.82, 2.24) is 14.8 Å². The Morgan fingerprint density at radius 3 is 2.50 bits per heavy atom. The fraction of sp³-hybridized carbons (Fsp3) is 0.571. The molecule has 0 spiro atoms. The molecule has 0 N–H and O–H groups in total. The highest BCUT2D eigenvalue weighted by Crippen LogP contribution is 2.58. The van der Waals surface area contributed by atoms with Gasteiger partial charge in [0.2, 0.25) is 5.91 Å². The molecule has 32 heavy (non-hydrogen) atoms. The number of pyridine rings is 1. The number of benzene rings is 1. The van der Waals surface area contributed by atoms with Crippen LogP contribution < -0.4 is 0 Å². The van der Waals surface area contributed by atoms with Gasteiger partial charge in [-0.1, -0.05) is 44.2 Å². The second kappa shape index (κ2) is 10.2. The Labute approximate surface area is 194 Å². The van der Waals surface area contributed by atoms with E-state index in [1.54, 1.807) is 6.20 Å². The highest BCUT2D eigenvalue weighted by Gasteiger charge is 2.56. The maximum Gasteiger partial charge on any atom is 0.226 e. The lowest BCUT2D eigenvalue weighted by Gasteiger charge is -2.35. The first-order valence-corrected chi connectivity index (χ1v) is 12.5. The lowest BCUT2D eigenvalue weighted by atomic mass is 9.94. The summed E-state index contributed by atoms with van der Waals surface area (Å²) in [6.45, 7) is 11.5. The maximum absolute atomic E-state index is 13.6. The van der Waals surface area contributed by atoms with Gasteiger partial charge in [-0.2, -0.15) is 0 Å². The molecule has 1 atom stereocenters. The van der Waals surface area contributed by atoms with E-state index in [2.05, 4.69) is 65.9 Å². The zero-order valence-corrected chi connectivity index (χ0v) is 20.1. The average molecular weight is 434 g/mol. The largest absolute Gasteiger partial charge is 0.338 e. The molecule has 1 saturated heterocycles. The van der Waals surface area contributed by atoms with Crippen LogP contribution >= 0.6 is 0 Å². The van der Waals surface area contributed by atoms with Crippen LogP contribution in [0.25, 0.3) is 0 Å². The predicted molar refractivity (Wildman–Crippen MR) is 130 cm³/mol. The standard InChI is InChI=1S/C28H39N3O/c1-4-28(5-2)17-26(28)27(32)31(20-24-10-8-14-29-18-24)19-23-12-15-30(16-13-23)21-25-11-7-6-9-22(25)3/h6-11,14,18,23,26H,4-5,12-13,15-17,19-21H2,1-3H3. The lowest BCUT2D eigenvalue weighted by Crippen LogP contribution is -2.41. The van der Waals surface area contributed by atoms with Crippen molar-refractivity contribution >= 4 is 5.91 Å². The number of carbonyl (C=O) groups is 1. The van der Waals surface area contributed by atoms with Gasteiger partial charge < -0.3 is 4.90 Å². The summed E-state index contributed by atoms with van der Waals surface area (Å²) in [7, 11) is 0. The maximum atomic E-state index is 13.6. The highest BCUT2D eigenvalue weighted by atomic mass is 16.2. The van der Waals surface area contributed by atoms with Gasteiger partial charge in [0.25, 0.3) is 0 Å². The molecule has 0 radical (unpaired) electrons. The number of carbonyl (C=O) groups excluding carboxylic acids is 1. The van der Waals surface area contributed by atoms with Crippen molar-refractivity contribution in [2.45, 2.75) is 66.0 Å². The molecule has 4 rings (SSSR count). The molecule has 172 valence electrons. The van der Waals surface area contributed by atoms with E-state index >= 15 is 0 Å². The van der Waals surface area contributed by atoms with Crippen molar-refractivity contribution < 1.29 is 4.79 Å². The van der Waals surface area contributed by atoms with Crippen LogP contribution in [0.1, 0.15) is 62.6 Å². The molecule has 1 amide bonds. The van der Waals surface area contributed by atoms with Gasteiger partial charge in [-0.25, -0.2) is 0 Å². The fourth-order valence-corrected chi connectivity index (χ4v) is 5.56. The SMILES string of the molecule is CCC1(CC)CC1C(=O)N(Cc1cccnc1)CC1CCN(Cc2ccccc2C)CC1. The molecular formula is C28H39N3O. The van der Waals surface area contributed by atoms with Gasteiger partial charge in [0.05, 0.1) is 0 Å². The third kappa shape index (κ3) is 5.23. The Kier molecular flexibility index (Phi) is 7.30. The first kappa shape index (κ1) is 23.0. The van der Waals surface area contributed by atoms with E-state index in [9.17, 15) is 4.79 Å². The van der Waals surface area contributed by atoms with Crippen LogP contribution in [0.5, 0.6) is 0 Å². The van der Waals surface area contributed by atoms with Crippen molar-refractivity contribution in [2.75, 3.05) is 19.6 Å². The summed E-state index contributed by atoms with van der Waals surface area (Å²) >= 11 is 0. The van der Waals surface area contributed by atoms with Crippen molar-refractivity contribution in [1.29, 1.82) is 0 Å². The van der Waals surface area contributed by atoms with Crippen LogP contribution in [0, 0.1) is 24.2 Å². The van der Waals surface area contributed by atoms with E-state index in [1.807, 2.05) is 12.3 Å². The monoisotopic (exact) mass is 433 g/mol. The van der Waals surface area contributed by atoms with Gasteiger partial charge in [-0.05, 0) is 86.2 Å². The molecule has 4 nitrogen and oxygen atoms in total. The van der Waals surface area contributed by atoms with Gasteiger partial charge >= 0.3 is 0 Å². The number of aromatic nitrogens is 1. The van der Waals surface area contributed by atoms with Crippen LogP contribution in [0.2, 0.25) is 0 Å². The number of nitrogens with zero attached hydrogens (tertiary/aromatic N) is 3. The molecular weight excluding hydrogens is 394 g/mol. The molecule has 2 aliphatic rings. The molecule has 1 saturated carbocycles. The number of amides is 1. The summed E-state index contributed by atoms with van der Waals surface area (Å²) in [6.07, 6.45) is 9.33. The van der Waals surface area contributed by atoms with Gasteiger partial charge in [-0.15, -0.1) is 0 Å². The molecule has 1 aliphatic heterocycles. The Morgan fingerprint density at radius 1 is 1.12 bits per heavy atom. The molecule has 2 aromatic rings. The summed E-state index contributed by atoms with van der Waals surface area (Å²) < 4.78 is 0. The van der Waals surface area contributed by atoms with Crippen LogP contribution in [0.15, 0.2) is 48.8 Å². The highest BCUT2D eigenvalue weighted by molar-refractivity contribution is 5.82. The van der Waals surface area contributed by atoms with Crippen molar-refractivity contribution in [3.63, 3.8) is 0 Å².